The largest absolute Gasteiger partial charge is 0.497 e. The van der Waals surface area contributed by atoms with Crippen molar-refractivity contribution in [2.75, 3.05) is 13.7 Å². The molecule has 3 unspecified atom stereocenters. The molecule has 0 aromatic heterocycles. The van der Waals surface area contributed by atoms with Crippen LogP contribution in [0.25, 0.3) is 0 Å². The molecule has 22 heavy (non-hydrogen) atoms. The van der Waals surface area contributed by atoms with Crippen molar-refractivity contribution in [3.63, 3.8) is 0 Å². The van der Waals surface area contributed by atoms with Crippen molar-refractivity contribution in [2.45, 2.75) is 51.3 Å². The highest BCUT2D eigenvalue weighted by Crippen LogP contribution is 2.20. The Bertz CT molecular complexity index is 469. The quantitative estimate of drug-likeness (QED) is 0.849. The molecule has 0 spiro atoms. The SMILES string of the molecule is CCC(NC(=O)NC(C)C1CCCO1)c1ccc(OC)cc1. The first-order chi connectivity index (χ1) is 10.6. The van der Waals surface area contributed by atoms with Crippen molar-refractivity contribution in [3.05, 3.63) is 29.8 Å². The number of hydrogen-bond donors (Lipinski definition) is 2. The predicted octanol–water partition coefficient (Wildman–Crippen LogP) is 3.01. The van der Waals surface area contributed by atoms with E-state index in [0.717, 1.165) is 37.2 Å². The normalized spacial score (nSPS) is 20.2. The second kappa shape index (κ2) is 8.03. The van der Waals surface area contributed by atoms with Gasteiger partial charge in [-0.1, -0.05) is 19.1 Å². The molecule has 5 nitrogen and oxygen atoms in total. The number of ether oxygens (including phenoxy) is 2. The number of hydrogen-bond acceptors (Lipinski definition) is 3. The Morgan fingerprint density at radius 1 is 1.36 bits per heavy atom. The average Bonchev–Trinajstić information content (AvgIpc) is 3.07. The van der Waals surface area contributed by atoms with Crippen molar-refractivity contribution in [1.29, 1.82) is 0 Å². The Labute approximate surface area is 132 Å². The van der Waals surface area contributed by atoms with Crippen molar-refractivity contribution >= 4 is 6.03 Å². The molecule has 1 aromatic carbocycles. The minimum Gasteiger partial charge on any atom is -0.497 e. The van der Waals surface area contributed by atoms with E-state index >= 15 is 0 Å². The lowest BCUT2D eigenvalue weighted by Gasteiger charge is -2.23. The fraction of sp³-hybridized carbons (Fsp3) is 0.588. The maximum atomic E-state index is 12.2. The van der Waals surface area contributed by atoms with Crippen molar-refractivity contribution in [1.82, 2.24) is 10.6 Å². The second-order valence-electron chi connectivity index (χ2n) is 5.69. The summed E-state index contributed by atoms with van der Waals surface area (Å²) in [6.45, 7) is 4.84. The Morgan fingerprint density at radius 2 is 2.09 bits per heavy atom. The predicted molar refractivity (Wildman–Crippen MR) is 86.1 cm³/mol. The van der Waals surface area contributed by atoms with Gasteiger partial charge in [-0.2, -0.15) is 0 Å². The van der Waals surface area contributed by atoms with Gasteiger partial charge in [-0.05, 0) is 43.9 Å². The molecule has 0 saturated carbocycles. The standard InChI is InChI=1S/C17H26N2O3/c1-4-15(13-7-9-14(21-3)10-8-13)19-17(20)18-12(2)16-6-5-11-22-16/h7-10,12,15-16H,4-6,11H2,1-3H3,(H2,18,19,20). The molecule has 1 saturated heterocycles. The monoisotopic (exact) mass is 306 g/mol. The van der Waals surface area contributed by atoms with Crippen molar-refractivity contribution < 1.29 is 14.3 Å². The number of carbonyl (C=O) groups is 1. The highest BCUT2D eigenvalue weighted by atomic mass is 16.5. The Morgan fingerprint density at radius 3 is 2.64 bits per heavy atom. The number of methoxy groups -OCH3 is 1. The van der Waals surface area contributed by atoms with E-state index in [9.17, 15) is 4.79 Å². The van der Waals surface area contributed by atoms with Gasteiger partial charge < -0.3 is 20.1 Å². The van der Waals surface area contributed by atoms with Gasteiger partial charge >= 0.3 is 6.03 Å². The number of benzene rings is 1. The molecule has 0 radical (unpaired) electrons. The van der Waals surface area contributed by atoms with Gasteiger partial charge in [-0.15, -0.1) is 0 Å². The molecule has 1 heterocycles. The topological polar surface area (TPSA) is 59.6 Å². The number of amides is 2. The molecule has 122 valence electrons. The average molecular weight is 306 g/mol. The zero-order chi connectivity index (χ0) is 15.9. The minimum atomic E-state index is -0.148. The molecule has 3 atom stereocenters. The molecule has 2 rings (SSSR count). The third kappa shape index (κ3) is 4.37. The van der Waals surface area contributed by atoms with Gasteiger partial charge in [0.05, 0.1) is 25.3 Å². The number of carbonyl (C=O) groups excluding carboxylic acids is 1. The Balaban J connectivity index is 1.89. The van der Waals surface area contributed by atoms with E-state index in [0.29, 0.717) is 0 Å². The molecule has 1 aromatic rings. The van der Waals surface area contributed by atoms with Crippen LogP contribution in [0.4, 0.5) is 4.79 Å². The van der Waals surface area contributed by atoms with Crippen LogP contribution in [-0.4, -0.2) is 31.9 Å². The maximum Gasteiger partial charge on any atom is 0.315 e. The lowest BCUT2D eigenvalue weighted by atomic mass is 10.0. The van der Waals surface area contributed by atoms with Crippen LogP contribution in [-0.2, 0) is 4.74 Å². The van der Waals surface area contributed by atoms with Crippen LogP contribution in [0.2, 0.25) is 0 Å². The van der Waals surface area contributed by atoms with Gasteiger partial charge in [0.1, 0.15) is 5.75 Å². The van der Waals surface area contributed by atoms with Gasteiger partial charge in [0.15, 0.2) is 0 Å². The minimum absolute atomic E-state index is 0.0115. The van der Waals surface area contributed by atoms with Crippen molar-refractivity contribution in [3.8, 4) is 5.75 Å². The van der Waals surface area contributed by atoms with E-state index in [4.69, 9.17) is 9.47 Å². The molecule has 1 fully saturated rings. The Hall–Kier alpha value is -1.75. The van der Waals surface area contributed by atoms with Gasteiger partial charge in [0.25, 0.3) is 0 Å². The third-order valence-electron chi connectivity index (χ3n) is 4.11. The molecule has 1 aliphatic rings. The number of nitrogens with one attached hydrogen (secondary N) is 2. The smallest absolute Gasteiger partial charge is 0.315 e. The lowest BCUT2D eigenvalue weighted by molar-refractivity contribution is 0.0858. The van der Waals surface area contributed by atoms with Crippen LogP contribution < -0.4 is 15.4 Å². The van der Waals surface area contributed by atoms with Crippen molar-refractivity contribution in [2.24, 2.45) is 0 Å². The van der Waals surface area contributed by atoms with Crippen LogP contribution in [0.5, 0.6) is 5.75 Å². The molecule has 5 heteroatoms. The molecular weight excluding hydrogens is 280 g/mol. The number of rotatable bonds is 6. The van der Waals surface area contributed by atoms with Crippen LogP contribution >= 0.6 is 0 Å². The van der Waals surface area contributed by atoms with E-state index in [2.05, 4.69) is 17.6 Å². The van der Waals surface area contributed by atoms with E-state index in [1.54, 1.807) is 7.11 Å². The maximum absolute atomic E-state index is 12.2. The zero-order valence-electron chi connectivity index (χ0n) is 13.6. The summed E-state index contributed by atoms with van der Waals surface area (Å²) in [5, 5.41) is 6.01. The summed E-state index contributed by atoms with van der Waals surface area (Å²) in [5.41, 5.74) is 1.07. The van der Waals surface area contributed by atoms with E-state index in [1.807, 2.05) is 31.2 Å². The number of urea groups is 1. The first-order valence-electron chi connectivity index (χ1n) is 7.96. The Kier molecular flexibility index (Phi) is 6.07. The molecule has 0 aliphatic carbocycles. The summed E-state index contributed by atoms with van der Waals surface area (Å²) in [7, 11) is 1.64. The molecule has 1 aliphatic heterocycles. The van der Waals surface area contributed by atoms with Crippen LogP contribution in [0, 0.1) is 0 Å². The van der Waals surface area contributed by atoms with Gasteiger partial charge in [0.2, 0.25) is 0 Å². The zero-order valence-corrected chi connectivity index (χ0v) is 13.6. The summed E-state index contributed by atoms with van der Waals surface area (Å²) in [5.74, 6) is 0.815. The third-order valence-corrected chi connectivity index (χ3v) is 4.11. The molecule has 2 amide bonds. The van der Waals surface area contributed by atoms with Gasteiger partial charge in [-0.3, -0.25) is 0 Å². The van der Waals surface area contributed by atoms with Crippen LogP contribution in [0.1, 0.15) is 44.7 Å². The summed E-state index contributed by atoms with van der Waals surface area (Å²) >= 11 is 0. The summed E-state index contributed by atoms with van der Waals surface area (Å²) in [6, 6.07) is 7.65. The van der Waals surface area contributed by atoms with E-state index < -0.39 is 0 Å². The summed E-state index contributed by atoms with van der Waals surface area (Å²) < 4.78 is 10.8. The first kappa shape index (κ1) is 16.6. The first-order valence-corrected chi connectivity index (χ1v) is 7.96. The van der Waals surface area contributed by atoms with E-state index in [1.165, 1.54) is 0 Å². The second-order valence-corrected chi connectivity index (χ2v) is 5.69. The molecule has 0 bridgehead atoms. The summed E-state index contributed by atoms with van der Waals surface area (Å²) in [4.78, 5) is 12.2. The summed E-state index contributed by atoms with van der Waals surface area (Å²) in [6.07, 6.45) is 3.04. The highest BCUT2D eigenvalue weighted by Gasteiger charge is 2.24. The fourth-order valence-electron chi connectivity index (χ4n) is 2.75. The lowest BCUT2D eigenvalue weighted by Crippen LogP contribution is -2.46. The van der Waals surface area contributed by atoms with Gasteiger partial charge in [0, 0.05) is 6.61 Å². The fourth-order valence-corrected chi connectivity index (χ4v) is 2.75. The molecular formula is C17H26N2O3. The van der Waals surface area contributed by atoms with E-state index in [-0.39, 0.29) is 24.2 Å². The highest BCUT2D eigenvalue weighted by molar-refractivity contribution is 5.74. The van der Waals surface area contributed by atoms with Gasteiger partial charge in [-0.25, -0.2) is 4.79 Å². The molecule has 2 N–H and O–H groups in total. The van der Waals surface area contributed by atoms with Crippen LogP contribution in [0.15, 0.2) is 24.3 Å². The van der Waals surface area contributed by atoms with Crippen LogP contribution in [0.3, 0.4) is 0 Å².